The summed E-state index contributed by atoms with van der Waals surface area (Å²) in [6.45, 7) is 4.66. The molecule has 2 atom stereocenters. The number of sulfonamides is 1. The fourth-order valence-electron chi connectivity index (χ4n) is 3.28. The second-order valence-corrected chi connectivity index (χ2v) is 7.91. The minimum Gasteiger partial charge on any atom is -0.330 e. The lowest BCUT2D eigenvalue weighted by molar-refractivity contribution is 0.276. The highest BCUT2D eigenvalue weighted by molar-refractivity contribution is 7.89. The Bertz CT molecular complexity index is 604. The summed E-state index contributed by atoms with van der Waals surface area (Å²) in [6, 6.07) is 4.93. The molecule has 118 valence electrons. The number of aryl methyl sites for hydroxylation is 1. The van der Waals surface area contributed by atoms with Crippen LogP contribution in [0.15, 0.2) is 23.1 Å². The predicted octanol–water partition coefficient (Wildman–Crippen LogP) is 2.79. The smallest absolute Gasteiger partial charge is 0.243 e. The van der Waals surface area contributed by atoms with Gasteiger partial charge in [-0.3, -0.25) is 0 Å². The van der Waals surface area contributed by atoms with Crippen LogP contribution in [0.1, 0.15) is 31.7 Å². The number of rotatable bonds is 5. The van der Waals surface area contributed by atoms with Gasteiger partial charge in [0.05, 0.1) is 4.90 Å². The Hall–Kier alpha value is -0.620. The minimum atomic E-state index is -3.51. The van der Waals surface area contributed by atoms with Crippen LogP contribution in [0.4, 0.5) is 0 Å². The summed E-state index contributed by atoms with van der Waals surface area (Å²) in [5, 5.41) is 0.551. The number of benzene rings is 1. The van der Waals surface area contributed by atoms with Crippen LogP contribution in [-0.2, 0) is 10.0 Å². The summed E-state index contributed by atoms with van der Waals surface area (Å²) in [5.74, 6) is 0.257. The highest BCUT2D eigenvalue weighted by Crippen LogP contribution is 2.33. The monoisotopic (exact) mass is 330 g/mol. The van der Waals surface area contributed by atoms with E-state index in [0.29, 0.717) is 28.6 Å². The van der Waals surface area contributed by atoms with Crippen LogP contribution < -0.4 is 5.73 Å². The summed E-state index contributed by atoms with van der Waals surface area (Å²) in [4.78, 5) is 0.344. The van der Waals surface area contributed by atoms with Crippen LogP contribution in [0.2, 0.25) is 5.02 Å². The third kappa shape index (κ3) is 3.26. The van der Waals surface area contributed by atoms with Crippen LogP contribution in [0.5, 0.6) is 0 Å². The van der Waals surface area contributed by atoms with Crippen molar-refractivity contribution in [1.82, 2.24) is 4.31 Å². The number of hydrogen-bond acceptors (Lipinski definition) is 3. The second-order valence-electron chi connectivity index (χ2n) is 5.61. The first kappa shape index (κ1) is 16.7. The van der Waals surface area contributed by atoms with Crippen molar-refractivity contribution in [2.45, 2.75) is 44.0 Å². The van der Waals surface area contributed by atoms with Gasteiger partial charge in [0.2, 0.25) is 10.0 Å². The topological polar surface area (TPSA) is 63.4 Å². The molecule has 0 radical (unpaired) electrons. The van der Waals surface area contributed by atoms with E-state index in [1.165, 1.54) is 0 Å². The lowest BCUT2D eigenvalue weighted by Crippen LogP contribution is -2.44. The Morgan fingerprint density at radius 3 is 2.67 bits per heavy atom. The third-order valence-corrected chi connectivity index (χ3v) is 6.72. The molecule has 0 aromatic heterocycles. The van der Waals surface area contributed by atoms with Crippen LogP contribution in [0, 0.1) is 12.8 Å². The van der Waals surface area contributed by atoms with Crippen molar-refractivity contribution in [3.63, 3.8) is 0 Å². The fourth-order valence-corrected chi connectivity index (χ4v) is 5.44. The summed E-state index contributed by atoms with van der Waals surface area (Å²) in [7, 11) is -3.51. The van der Waals surface area contributed by atoms with Crippen molar-refractivity contribution < 1.29 is 8.42 Å². The van der Waals surface area contributed by atoms with Gasteiger partial charge >= 0.3 is 0 Å². The molecule has 6 heteroatoms. The first-order valence-corrected chi connectivity index (χ1v) is 9.21. The molecule has 2 N–H and O–H groups in total. The first-order valence-electron chi connectivity index (χ1n) is 7.39. The molecule has 1 saturated carbocycles. The Morgan fingerprint density at radius 2 is 2.10 bits per heavy atom. The average molecular weight is 331 g/mol. The normalized spacial score (nSPS) is 22.9. The van der Waals surface area contributed by atoms with Crippen LogP contribution in [-0.4, -0.2) is 31.9 Å². The number of nitrogens with zero attached hydrogens (tertiary/aromatic N) is 1. The maximum absolute atomic E-state index is 13.0. The molecule has 0 saturated heterocycles. The molecule has 1 aliphatic rings. The van der Waals surface area contributed by atoms with Gasteiger partial charge in [0, 0.05) is 17.6 Å². The Kier molecular flexibility index (Phi) is 5.30. The van der Waals surface area contributed by atoms with E-state index in [1.807, 2.05) is 6.92 Å². The Balaban J connectivity index is 2.40. The van der Waals surface area contributed by atoms with E-state index < -0.39 is 10.0 Å². The van der Waals surface area contributed by atoms with Gasteiger partial charge in [0.25, 0.3) is 0 Å². The molecular formula is C15H23ClN2O2S. The first-order chi connectivity index (χ1) is 9.91. The fraction of sp³-hybridized carbons (Fsp3) is 0.600. The van der Waals surface area contributed by atoms with E-state index in [2.05, 4.69) is 0 Å². The Labute approximate surface area is 132 Å². The minimum absolute atomic E-state index is 0.0140. The molecule has 2 unspecified atom stereocenters. The average Bonchev–Trinajstić information content (AvgIpc) is 2.86. The molecule has 21 heavy (non-hydrogen) atoms. The summed E-state index contributed by atoms with van der Waals surface area (Å²) in [5.41, 5.74) is 6.49. The van der Waals surface area contributed by atoms with Gasteiger partial charge in [-0.05, 0) is 56.0 Å². The van der Waals surface area contributed by atoms with Crippen molar-refractivity contribution in [2.24, 2.45) is 11.7 Å². The predicted molar refractivity (Wildman–Crippen MR) is 85.9 cm³/mol. The summed E-state index contributed by atoms with van der Waals surface area (Å²) in [6.07, 6.45) is 2.94. The standard InChI is InChI=1S/C15H23ClN2O2S/c1-3-18(14-6-4-5-12(14)10-17)21(19,20)15-8-7-13(16)9-11(15)2/h7-9,12,14H,3-6,10,17H2,1-2H3. The van der Waals surface area contributed by atoms with Gasteiger partial charge in [-0.15, -0.1) is 0 Å². The molecular weight excluding hydrogens is 308 g/mol. The zero-order valence-corrected chi connectivity index (χ0v) is 14.1. The van der Waals surface area contributed by atoms with E-state index >= 15 is 0 Å². The maximum Gasteiger partial charge on any atom is 0.243 e. The third-order valence-electron chi connectivity index (χ3n) is 4.33. The number of nitrogens with two attached hydrogens (primary N) is 1. The molecule has 1 fully saturated rings. The van der Waals surface area contributed by atoms with E-state index in [4.69, 9.17) is 17.3 Å². The van der Waals surface area contributed by atoms with E-state index in [0.717, 1.165) is 19.3 Å². The zero-order chi connectivity index (χ0) is 15.6. The number of hydrogen-bond donors (Lipinski definition) is 1. The lowest BCUT2D eigenvalue weighted by Gasteiger charge is -2.31. The summed E-state index contributed by atoms with van der Waals surface area (Å²) >= 11 is 5.93. The van der Waals surface area contributed by atoms with E-state index in [9.17, 15) is 8.42 Å². The van der Waals surface area contributed by atoms with Crippen LogP contribution in [0.3, 0.4) is 0 Å². The Morgan fingerprint density at radius 1 is 1.38 bits per heavy atom. The molecule has 0 heterocycles. The van der Waals surface area contributed by atoms with Gasteiger partial charge in [0.1, 0.15) is 0 Å². The molecule has 2 rings (SSSR count). The van der Waals surface area contributed by atoms with Crippen LogP contribution >= 0.6 is 11.6 Å². The molecule has 0 spiro atoms. The molecule has 0 aliphatic heterocycles. The SMILES string of the molecule is CCN(C1CCCC1CN)S(=O)(=O)c1ccc(Cl)cc1C. The molecule has 0 bridgehead atoms. The van der Waals surface area contributed by atoms with E-state index in [1.54, 1.807) is 29.4 Å². The molecule has 4 nitrogen and oxygen atoms in total. The van der Waals surface area contributed by atoms with Crippen molar-refractivity contribution in [1.29, 1.82) is 0 Å². The van der Waals surface area contributed by atoms with Gasteiger partial charge in [0.15, 0.2) is 0 Å². The van der Waals surface area contributed by atoms with Gasteiger partial charge in [-0.25, -0.2) is 8.42 Å². The number of halogens is 1. The molecule has 1 aliphatic carbocycles. The largest absolute Gasteiger partial charge is 0.330 e. The highest BCUT2D eigenvalue weighted by Gasteiger charge is 2.37. The maximum atomic E-state index is 13.0. The summed E-state index contributed by atoms with van der Waals surface area (Å²) < 4.78 is 27.6. The zero-order valence-electron chi connectivity index (χ0n) is 12.5. The van der Waals surface area contributed by atoms with Crippen LogP contribution in [0.25, 0.3) is 0 Å². The van der Waals surface area contributed by atoms with Gasteiger partial charge < -0.3 is 5.73 Å². The van der Waals surface area contributed by atoms with E-state index in [-0.39, 0.29) is 12.0 Å². The van der Waals surface area contributed by atoms with Crippen molar-refractivity contribution in [2.75, 3.05) is 13.1 Å². The quantitative estimate of drug-likeness (QED) is 0.903. The molecule has 1 aromatic carbocycles. The highest BCUT2D eigenvalue weighted by atomic mass is 35.5. The van der Waals surface area contributed by atoms with Crippen molar-refractivity contribution in [3.8, 4) is 0 Å². The van der Waals surface area contributed by atoms with Gasteiger partial charge in [-0.1, -0.05) is 24.9 Å². The second kappa shape index (κ2) is 6.65. The lowest BCUT2D eigenvalue weighted by atomic mass is 10.0. The van der Waals surface area contributed by atoms with Crippen molar-refractivity contribution >= 4 is 21.6 Å². The molecule has 0 amide bonds. The molecule has 1 aromatic rings. The van der Waals surface area contributed by atoms with Gasteiger partial charge in [-0.2, -0.15) is 4.31 Å². The van der Waals surface area contributed by atoms with Crippen molar-refractivity contribution in [3.05, 3.63) is 28.8 Å².